The largest absolute Gasteiger partial charge is 0.497 e. The third-order valence-electron chi connectivity index (χ3n) is 4.76. The summed E-state index contributed by atoms with van der Waals surface area (Å²) in [6, 6.07) is 5.17. The van der Waals surface area contributed by atoms with Gasteiger partial charge in [0.05, 0.1) is 25.7 Å². The molecule has 29 heavy (non-hydrogen) atoms. The summed E-state index contributed by atoms with van der Waals surface area (Å²) in [6.07, 6.45) is 3.14. The number of methoxy groups -OCH3 is 2. The van der Waals surface area contributed by atoms with Crippen LogP contribution >= 0.6 is 11.8 Å². The molecule has 1 amide bonds. The molecule has 0 radical (unpaired) electrons. The van der Waals surface area contributed by atoms with E-state index in [1.54, 1.807) is 29.9 Å². The number of fused-ring (bicyclic) bond motifs is 1. The van der Waals surface area contributed by atoms with E-state index in [2.05, 4.69) is 10.3 Å². The van der Waals surface area contributed by atoms with Crippen LogP contribution in [0.4, 0.5) is 5.69 Å². The molecule has 1 heterocycles. The van der Waals surface area contributed by atoms with Gasteiger partial charge in [0, 0.05) is 30.5 Å². The van der Waals surface area contributed by atoms with E-state index < -0.39 is 0 Å². The summed E-state index contributed by atoms with van der Waals surface area (Å²) in [7, 11) is 3.09. The third kappa shape index (κ3) is 4.91. The van der Waals surface area contributed by atoms with E-state index >= 15 is 0 Å². The quantitative estimate of drug-likeness (QED) is 0.472. The molecule has 1 aromatic carbocycles. The molecule has 2 N–H and O–H groups in total. The number of anilines is 1. The number of hydrogen-bond acceptors (Lipinski definition) is 7. The second-order valence-corrected chi connectivity index (χ2v) is 7.57. The highest BCUT2D eigenvalue weighted by atomic mass is 32.2. The van der Waals surface area contributed by atoms with E-state index in [1.165, 1.54) is 18.9 Å². The van der Waals surface area contributed by atoms with E-state index in [1.807, 2.05) is 0 Å². The van der Waals surface area contributed by atoms with Crippen molar-refractivity contribution in [3.8, 4) is 11.5 Å². The molecule has 8 nitrogen and oxygen atoms in total. The van der Waals surface area contributed by atoms with Crippen LogP contribution in [-0.4, -0.2) is 47.1 Å². The Kier molecular flexibility index (Phi) is 7.16. The Bertz CT molecular complexity index is 944. The molecule has 156 valence electrons. The summed E-state index contributed by atoms with van der Waals surface area (Å²) in [5.41, 5.74) is 2.22. The van der Waals surface area contributed by atoms with Gasteiger partial charge in [-0.2, -0.15) is 4.98 Å². The summed E-state index contributed by atoms with van der Waals surface area (Å²) in [4.78, 5) is 29.1. The molecule has 0 saturated heterocycles. The number of aliphatic hydroxyl groups excluding tert-OH is 1. The number of amides is 1. The third-order valence-corrected chi connectivity index (χ3v) is 5.78. The standard InChI is InChI=1S/C20H25N3O5S/c1-27-13-7-8-17(28-2)15(11-13)21-18(25)12-29-19-14-5-3-6-16(14)23(9-4-10-24)20(26)22-19/h7-8,11,24H,3-6,9-10,12H2,1-2H3,(H,21,25). The Morgan fingerprint density at radius 1 is 1.31 bits per heavy atom. The molecule has 0 spiro atoms. The Labute approximate surface area is 173 Å². The van der Waals surface area contributed by atoms with E-state index in [-0.39, 0.29) is 24.0 Å². The molecule has 0 atom stereocenters. The number of aromatic nitrogens is 2. The van der Waals surface area contributed by atoms with Gasteiger partial charge < -0.3 is 19.9 Å². The van der Waals surface area contributed by atoms with Gasteiger partial charge in [0.2, 0.25) is 5.91 Å². The number of nitrogens with one attached hydrogen (secondary N) is 1. The number of ether oxygens (including phenoxy) is 2. The second kappa shape index (κ2) is 9.80. The van der Waals surface area contributed by atoms with E-state index in [9.17, 15) is 9.59 Å². The average Bonchev–Trinajstić information content (AvgIpc) is 3.21. The molecule has 2 aromatic rings. The molecule has 1 aliphatic carbocycles. The molecule has 0 fully saturated rings. The molecule has 1 aliphatic rings. The minimum Gasteiger partial charge on any atom is -0.497 e. The van der Waals surface area contributed by atoms with Gasteiger partial charge in [-0.05, 0) is 37.8 Å². The van der Waals surface area contributed by atoms with Crippen LogP contribution in [0.2, 0.25) is 0 Å². The van der Waals surface area contributed by atoms with Crippen LogP contribution in [0, 0.1) is 0 Å². The Balaban J connectivity index is 1.72. The number of aliphatic hydroxyl groups is 1. The zero-order chi connectivity index (χ0) is 20.8. The zero-order valence-corrected chi connectivity index (χ0v) is 17.4. The first-order valence-corrected chi connectivity index (χ1v) is 10.4. The lowest BCUT2D eigenvalue weighted by atomic mass is 10.2. The number of carbonyl (C=O) groups is 1. The first-order valence-electron chi connectivity index (χ1n) is 9.45. The first kappa shape index (κ1) is 21.2. The molecule has 0 aliphatic heterocycles. The number of carbonyl (C=O) groups excluding carboxylic acids is 1. The van der Waals surface area contributed by atoms with Gasteiger partial charge >= 0.3 is 5.69 Å². The van der Waals surface area contributed by atoms with Gasteiger partial charge in [-0.3, -0.25) is 9.36 Å². The maximum absolute atomic E-state index is 12.5. The molecule has 3 rings (SSSR count). The molecule has 0 bridgehead atoms. The predicted molar refractivity (Wildman–Crippen MR) is 111 cm³/mol. The van der Waals surface area contributed by atoms with Crippen molar-refractivity contribution in [1.29, 1.82) is 0 Å². The van der Waals surface area contributed by atoms with Gasteiger partial charge in [-0.25, -0.2) is 4.79 Å². The number of thioether (sulfide) groups is 1. The smallest absolute Gasteiger partial charge is 0.348 e. The Morgan fingerprint density at radius 2 is 2.14 bits per heavy atom. The van der Waals surface area contributed by atoms with Crippen LogP contribution in [0.1, 0.15) is 24.1 Å². The van der Waals surface area contributed by atoms with Crippen LogP contribution in [0.15, 0.2) is 28.0 Å². The highest BCUT2D eigenvalue weighted by Crippen LogP contribution is 2.31. The van der Waals surface area contributed by atoms with E-state index in [0.29, 0.717) is 35.2 Å². The van der Waals surface area contributed by atoms with Gasteiger partial charge in [-0.15, -0.1) is 0 Å². The van der Waals surface area contributed by atoms with Crippen molar-refractivity contribution in [2.24, 2.45) is 0 Å². The van der Waals surface area contributed by atoms with Crippen LogP contribution < -0.4 is 20.5 Å². The lowest BCUT2D eigenvalue weighted by Crippen LogP contribution is -2.28. The van der Waals surface area contributed by atoms with Gasteiger partial charge in [-0.1, -0.05) is 11.8 Å². The van der Waals surface area contributed by atoms with Crippen molar-refractivity contribution in [2.75, 3.05) is 31.9 Å². The molecular weight excluding hydrogens is 394 g/mol. The lowest BCUT2D eigenvalue weighted by Gasteiger charge is -2.14. The van der Waals surface area contributed by atoms with Crippen molar-refractivity contribution < 1.29 is 19.4 Å². The van der Waals surface area contributed by atoms with E-state index in [4.69, 9.17) is 14.6 Å². The fourth-order valence-corrected chi connectivity index (χ4v) is 4.27. The number of hydrogen-bond donors (Lipinski definition) is 2. The fourth-order valence-electron chi connectivity index (χ4n) is 3.40. The lowest BCUT2D eigenvalue weighted by molar-refractivity contribution is -0.113. The first-order chi connectivity index (χ1) is 14.1. The highest BCUT2D eigenvalue weighted by molar-refractivity contribution is 8.00. The number of rotatable bonds is 9. The van der Waals surface area contributed by atoms with Crippen LogP contribution in [-0.2, 0) is 24.2 Å². The SMILES string of the molecule is COc1ccc(OC)c(NC(=O)CSc2nc(=O)n(CCCO)c3c2CCC3)c1. The minimum atomic E-state index is -0.323. The fraction of sp³-hybridized carbons (Fsp3) is 0.450. The molecule has 0 saturated carbocycles. The Morgan fingerprint density at radius 3 is 2.86 bits per heavy atom. The second-order valence-electron chi connectivity index (χ2n) is 6.61. The van der Waals surface area contributed by atoms with Crippen molar-refractivity contribution in [3.63, 3.8) is 0 Å². The molecule has 9 heteroatoms. The van der Waals surface area contributed by atoms with Crippen molar-refractivity contribution in [1.82, 2.24) is 9.55 Å². The van der Waals surface area contributed by atoms with Gasteiger partial charge in [0.25, 0.3) is 0 Å². The zero-order valence-electron chi connectivity index (χ0n) is 16.6. The molecule has 1 aromatic heterocycles. The maximum atomic E-state index is 12.5. The van der Waals surface area contributed by atoms with Crippen LogP contribution in [0.25, 0.3) is 0 Å². The summed E-state index contributed by atoms with van der Waals surface area (Å²) in [6.45, 7) is 0.497. The monoisotopic (exact) mass is 419 g/mol. The van der Waals surface area contributed by atoms with Crippen molar-refractivity contribution in [3.05, 3.63) is 39.9 Å². The van der Waals surface area contributed by atoms with Crippen LogP contribution in [0.5, 0.6) is 11.5 Å². The summed E-state index contributed by atoms with van der Waals surface area (Å²) < 4.78 is 12.1. The van der Waals surface area contributed by atoms with Crippen molar-refractivity contribution >= 4 is 23.4 Å². The Hall–Kier alpha value is -2.52. The van der Waals surface area contributed by atoms with Crippen molar-refractivity contribution in [2.45, 2.75) is 37.3 Å². The maximum Gasteiger partial charge on any atom is 0.348 e. The molecular formula is C20H25N3O5S. The minimum absolute atomic E-state index is 0.0334. The topological polar surface area (TPSA) is 103 Å². The highest BCUT2D eigenvalue weighted by Gasteiger charge is 2.22. The summed E-state index contributed by atoms with van der Waals surface area (Å²) >= 11 is 1.27. The summed E-state index contributed by atoms with van der Waals surface area (Å²) in [5.74, 6) is 1.05. The molecule has 0 unspecified atom stereocenters. The predicted octanol–water partition coefficient (Wildman–Crippen LogP) is 1.86. The van der Waals surface area contributed by atoms with E-state index in [0.717, 1.165) is 30.5 Å². The average molecular weight is 420 g/mol. The number of nitrogens with zero attached hydrogens (tertiary/aromatic N) is 2. The van der Waals surface area contributed by atoms with Gasteiger partial charge in [0.15, 0.2) is 0 Å². The number of benzene rings is 1. The summed E-state index contributed by atoms with van der Waals surface area (Å²) in [5, 5.41) is 12.5. The van der Waals surface area contributed by atoms with Crippen LogP contribution in [0.3, 0.4) is 0 Å². The van der Waals surface area contributed by atoms with Gasteiger partial charge in [0.1, 0.15) is 16.5 Å². The normalized spacial score (nSPS) is 12.5.